The van der Waals surface area contributed by atoms with Crippen LogP contribution >= 0.6 is 23.2 Å². The Morgan fingerprint density at radius 3 is 2.50 bits per heavy atom. The van der Waals surface area contributed by atoms with E-state index in [1.165, 1.54) is 43.5 Å². The number of carbonyl (C=O) groups excluding carboxylic acids is 1. The summed E-state index contributed by atoms with van der Waals surface area (Å²) in [5.41, 5.74) is -2.03. The average molecular weight is 398 g/mol. The van der Waals surface area contributed by atoms with Crippen molar-refractivity contribution in [2.45, 2.75) is 12.0 Å². The van der Waals surface area contributed by atoms with E-state index in [2.05, 4.69) is 0 Å². The number of ether oxygens (including phenoxy) is 1. The van der Waals surface area contributed by atoms with Gasteiger partial charge in [0, 0.05) is 35.2 Å². The van der Waals surface area contributed by atoms with Gasteiger partial charge in [-0.05, 0) is 30.3 Å². The molecule has 0 spiro atoms. The smallest absolute Gasteiger partial charge is 0.335 e. The van der Waals surface area contributed by atoms with E-state index in [0.717, 1.165) is 0 Å². The summed E-state index contributed by atoms with van der Waals surface area (Å²) in [6.45, 7) is 0. The molecule has 1 atom stereocenters. The van der Waals surface area contributed by atoms with Gasteiger partial charge in [-0.2, -0.15) is 0 Å². The highest BCUT2D eigenvalue weighted by atomic mass is 35.5. The van der Waals surface area contributed by atoms with E-state index in [9.17, 15) is 24.8 Å². The predicted octanol–water partition coefficient (Wildman–Crippen LogP) is 4.08. The lowest BCUT2D eigenvalue weighted by molar-refractivity contribution is -0.386. The zero-order chi connectivity index (χ0) is 19.5. The fraction of sp³-hybridized carbons (Fsp3) is 0.176. The Hall–Kier alpha value is -2.48. The Labute approximate surface area is 158 Å². The Morgan fingerprint density at radius 1 is 1.27 bits per heavy atom. The largest absolute Gasteiger partial charge is 0.478 e. The first-order chi connectivity index (χ1) is 12.3. The summed E-state index contributed by atoms with van der Waals surface area (Å²) in [6.07, 6.45) is 0.172. The molecule has 7 nitrogen and oxygen atoms in total. The molecule has 9 heteroatoms. The lowest BCUT2D eigenvalue weighted by Crippen LogP contribution is -2.32. The zero-order valence-corrected chi connectivity index (χ0v) is 15.0. The number of carboxylic acids is 1. The van der Waals surface area contributed by atoms with Crippen LogP contribution < -0.4 is 0 Å². The van der Waals surface area contributed by atoms with E-state index in [4.69, 9.17) is 27.9 Å². The van der Waals surface area contributed by atoms with E-state index >= 15 is 0 Å². The second-order valence-corrected chi connectivity index (χ2v) is 6.16. The minimum atomic E-state index is -1.68. The van der Waals surface area contributed by atoms with Crippen molar-refractivity contribution in [3.63, 3.8) is 0 Å². The summed E-state index contributed by atoms with van der Waals surface area (Å²) in [4.78, 5) is 33.5. The summed E-state index contributed by atoms with van der Waals surface area (Å²) in [6, 6.07) is 7.65. The van der Waals surface area contributed by atoms with Crippen LogP contribution in [-0.2, 0) is 15.1 Å². The van der Waals surface area contributed by atoms with E-state index in [-0.39, 0.29) is 38.8 Å². The molecule has 1 N–H and O–H groups in total. The number of carboxylic acid groups (broad SMARTS) is 1. The summed E-state index contributed by atoms with van der Waals surface area (Å²) in [5.74, 6) is -1.22. The first kappa shape index (κ1) is 19.8. The van der Waals surface area contributed by atoms with Crippen LogP contribution in [-0.4, -0.2) is 29.4 Å². The zero-order valence-electron chi connectivity index (χ0n) is 13.4. The molecule has 0 amide bonds. The maximum absolute atomic E-state index is 11.5. The van der Waals surface area contributed by atoms with Gasteiger partial charge in [-0.3, -0.25) is 10.1 Å². The lowest BCUT2D eigenvalue weighted by atomic mass is 9.82. The van der Waals surface area contributed by atoms with Gasteiger partial charge in [-0.25, -0.2) is 4.79 Å². The van der Waals surface area contributed by atoms with Gasteiger partial charge in [-0.1, -0.05) is 23.2 Å². The second kappa shape index (κ2) is 7.82. The van der Waals surface area contributed by atoms with Crippen molar-refractivity contribution >= 4 is 41.1 Å². The highest BCUT2D eigenvalue weighted by molar-refractivity contribution is 6.32. The van der Waals surface area contributed by atoms with Gasteiger partial charge >= 0.3 is 5.97 Å². The molecule has 0 aliphatic carbocycles. The molecule has 0 radical (unpaired) electrons. The summed E-state index contributed by atoms with van der Waals surface area (Å²) >= 11 is 12.2. The first-order valence-corrected chi connectivity index (χ1v) is 7.99. The van der Waals surface area contributed by atoms with Gasteiger partial charge in [0.05, 0.1) is 16.1 Å². The van der Waals surface area contributed by atoms with Crippen LogP contribution in [0, 0.1) is 10.1 Å². The first-order valence-electron chi connectivity index (χ1n) is 7.23. The molecule has 2 aromatic rings. The van der Waals surface area contributed by atoms with E-state index in [1.54, 1.807) is 0 Å². The molecule has 0 aliphatic heterocycles. The van der Waals surface area contributed by atoms with E-state index in [0.29, 0.717) is 6.29 Å². The number of halogens is 2. The minimum absolute atomic E-state index is 0.00552. The van der Waals surface area contributed by atoms with Crippen LogP contribution in [0.5, 0.6) is 0 Å². The molecule has 2 aromatic carbocycles. The normalized spacial score (nSPS) is 13.0. The van der Waals surface area contributed by atoms with Crippen LogP contribution in [0.2, 0.25) is 10.0 Å². The van der Waals surface area contributed by atoms with Crippen molar-refractivity contribution in [1.82, 2.24) is 0 Å². The minimum Gasteiger partial charge on any atom is -0.478 e. The fourth-order valence-corrected chi connectivity index (χ4v) is 3.19. The molecule has 1 unspecified atom stereocenters. The molecular weight excluding hydrogens is 385 g/mol. The Morgan fingerprint density at radius 2 is 1.96 bits per heavy atom. The number of aromatic carboxylic acids is 1. The number of carbonyl (C=O) groups is 2. The van der Waals surface area contributed by atoms with Gasteiger partial charge in [0.15, 0.2) is 0 Å². The van der Waals surface area contributed by atoms with E-state index < -0.39 is 16.5 Å². The van der Waals surface area contributed by atoms with Crippen molar-refractivity contribution < 1.29 is 24.4 Å². The number of hydrogen-bond acceptors (Lipinski definition) is 5. The van der Waals surface area contributed by atoms with Crippen LogP contribution in [0.15, 0.2) is 36.4 Å². The predicted molar refractivity (Wildman–Crippen MR) is 95.0 cm³/mol. The summed E-state index contributed by atoms with van der Waals surface area (Å²) in [7, 11) is 1.25. The van der Waals surface area contributed by atoms with Crippen molar-refractivity contribution in [3.05, 3.63) is 73.2 Å². The molecule has 2 rings (SSSR count). The van der Waals surface area contributed by atoms with Gasteiger partial charge in [-0.15, -0.1) is 0 Å². The highest BCUT2D eigenvalue weighted by Crippen LogP contribution is 2.44. The third-order valence-electron chi connectivity index (χ3n) is 3.96. The molecule has 0 aromatic heterocycles. The lowest BCUT2D eigenvalue weighted by Gasteiger charge is -2.32. The number of methoxy groups -OCH3 is 1. The maximum atomic E-state index is 11.5. The molecular formula is C17H13Cl2NO6. The standard InChI is InChI=1S/C17H13Cl2NO6/c1-26-17(6-7-21,12-8-10(16(22)23)2-4-14(12)19)13-9-11(18)3-5-15(13)20(24)25/h2-5,7-9H,6H2,1H3,(H,22,23). The van der Waals surface area contributed by atoms with Crippen molar-refractivity contribution in [1.29, 1.82) is 0 Å². The van der Waals surface area contributed by atoms with Crippen LogP contribution in [0.4, 0.5) is 5.69 Å². The monoisotopic (exact) mass is 397 g/mol. The molecule has 0 heterocycles. The summed E-state index contributed by atoms with van der Waals surface area (Å²) < 4.78 is 5.54. The molecule has 0 bridgehead atoms. The molecule has 26 heavy (non-hydrogen) atoms. The Balaban J connectivity index is 2.90. The van der Waals surface area contributed by atoms with Gasteiger partial charge < -0.3 is 14.6 Å². The number of aldehydes is 1. The van der Waals surface area contributed by atoms with Crippen LogP contribution in [0.25, 0.3) is 0 Å². The molecule has 0 aliphatic rings. The topological polar surface area (TPSA) is 107 Å². The average Bonchev–Trinajstić information content (AvgIpc) is 2.59. The van der Waals surface area contributed by atoms with Crippen molar-refractivity contribution in [2.75, 3.05) is 7.11 Å². The maximum Gasteiger partial charge on any atom is 0.335 e. The fourth-order valence-electron chi connectivity index (χ4n) is 2.74. The van der Waals surface area contributed by atoms with Gasteiger partial charge in [0.1, 0.15) is 11.9 Å². The number of rotatable bonds is 7. The Bertz CT molecular complexity index is 886. The SMILES string of the molecule is COC(CC=O)(c1cc(C(=O)O)ccc1Cl)c1cc(Cl)ccc1[N+](=O)[O-]. The Kier molecular flexibility index (Phi) is 5.97. The number of hydrogen-bond donors (Lipinski definition) is 1. The quantitative estimate of drug-likeness (QED) is 0.428. The van der Waals surface area contributed by atoms with Crippen molar-refractivity contribution in [3.8, 4) is 0 Å². The van der Waals surface area contributed by atoms with Crippen LogP contribution in [0.3, 0.4) is 0 Å². The third kappa shape index (κ3) is 3.55. The van der Waals surface area contributed by atoms with Gasteiger partial charge in [0.2, 0.25) is 0 Å². The third-order valence-corrected chi connectivity index (χ3v) is 4.52. The van der Waals surface area contributed by atoms with Crippen molar-refractivity contribution in [2.24, 2.45) is 0 Å². The molecule has 0 saturated heterocycles. The highest BCUT2D eigenvalue weighted by Gasteiger charge is 2.41. The molecule has 136 valence electrons. The van der Waals surface area contributed by atoms with Gasteiger partial charge in [0.25, 0.3) is 5.69 Å². The van der Waals surface area contributed by atoms with E-state index in [1.807, 2.05) is 0 Å². The number of nitro benzene ring substituents is 1. The molecule has 0 fully saturated rings. The summed E-state index contributed by atoms with van der Waals surface area (Å²) in [5, 5.41) is 21.0. The number of benzene rings is 2. The number of nitro groups is 1. The number of nitrogens with zero attached hydrogens (tertiary/aromatic N) is 1. The van der Waals surface area contributed by atoms with Crippen LogP contribution in [0.1, 0.15) is 27.9 Å². The second-order valence-electron chi connectivity index (χ2n) is 5.32. The molecule has 0 saturated carbocycles.